The Morgan fingerprint density at radius 2 is 2.29 bits per heavy atom. The molecule has 0 radical (unpaired) electrons. The number of ether oxygens (including phenoxy) is 1. The van der Waals surface area contributed by atoms with Gasteiger partial charge in [-0.25, -0.2) is 0 Å². The van der Waals surface area contributed by atoms with E-state index in [1.165, 1.54) is 0 Å². The highest BCUT2D eigenvalue weighted by molar-refractivity contribution is 5.78. The maximum atomic E-state index is 12.1. The first-order chi connectivity index (χ1) is 10.0. The number of aliphatic hydroxyl groups is 1. The normalized spacial score (nSPS) is 26.0. The van der Waals surface area contributed by atoms with Crippen LogP contribution in [0.3, 0.4) is 0 Å². The molecular formula is C14H22N4O3. The van der Waals surface area contributed by atoms with Gasteiger partial charge in [0.05, 0.1) is 18.9 Å². The van der Waals surface area contributed by atoms with Gasteiger partial charge in [0.2, 0.25) is 5.91 Å². The number of hydrogen-bond donors (Lipinski definition) is 1. The molecule has 2 fully saturated rings. The fraction of sp³-hybridized carbons (Fsp3) is 0.714. The quantitative estimate of drug-likeness (QED) is 0.790. The Bertz CT molecular complexity index is 514. The zero-order valence-corrected chi connectivity index (χ0v) is 12.5. The predicted octanol–water partition coefficient (Wildman–Crippen LogP) is -0.535. The summed E-state index contributed by atoms with van der Waals surface area (Å²) in [6, 6.07) is 0.424. The fourth-order valence-corrected chi connectivity index (χ4v) is 2.68. The van der Waals surface area contributed by atoms with Gasteiger partial charge in [-0.05, 0) is 12.8 Å². The van der Waals surface area contributed by atoms with Gasteiger partial charge in [-0.3, -0.25) is 14.4 Å². The topological polar surface area (TPSA) is 70.8 Å². The van der Waals surface area contributed by atoms with Crippen molar-refractivity contribution in [2.75, 3.05) is 26.7 Å². The Kier molecular flexibility index (Phi) is 3.86. The second-order valence-corrected chi connectivity index (χ2v) is 6.00. The number of carbonyl (C=O) groups is 1. The van der Waals surface area contributed by atoms with E-state index >= 15 is 0 Å². The van der Waals surface area contributed by atoms with Gasteiger partial charge < -0.3 is 14.7 Å². The van der Waals surface area contributed by atoms with Gasteiger partial charge in [0.25, 0.3) is 0 Å². The Hall–Kier alpha value is -1.60. The highest BCUT2D eigenvalue weighted by Crippen LogP contribution is 2.26. The molecule has 1 aromatic rings. The molecule has 1 saturated carbocycles. The van der Waals surface area contributed by atoms with Crippen LogP contribution in [0.25, 0.3) is 0 Å². The first kappa shape index (κ1) is 14.3. The highest BCUT2D eigenvalue weighted by Gasteiger charge is 2.36. The Labute approximate surface area is 124 Å². The van der Waals surface area contributed by atoms with Gasteiger partial charge in [0, 0.05) is 33.2 Å². The monoisotopic (exact) mass is 294 g/mol. The van der Waals surface area contributed by atoms with Crippen LogP contribution in [-0.4, -0.2) is 75.5 Å². The lowest BCUT2D eigenvalue weighted by Gasteiger charge is -2.21. The molecule has 2 aliphatic rings. The second-order valence-electron chi connectivity index (χ2n) is 6.00. The number of rotatable bonds is 5. The van der Waals surface area contributed by atoms with Crippen molar-refractivity contribution < 1.29 is 14.6 Å². The molecule has 116 valence electrons. The Balaban J connectivity index is 1.51. The number of hydrogen-bond acceptors (Lipinski definition) is 5. The van der Waals surface area contributed by atoms with E-state index in [0.717, 1.165) is 12.8 Å². The summed E-state index contributed by atoms with van der Waals surface area (Å²) in [6.45, 7) is 1.37. The first-order valence-electron chi connectivity index (χ1n) is 7.34. The number of carbonyl (C=O) groups excluding carboxylic acids is 1. The van der Waals surface area contributed by atoms with Gasteiger partial charge in [0.1, 0.15) is 12.2 Å². The molecule has 1 aliphatic carbocycles. The van der Waals surface area contributed by atoms with Gasteiger partial charge in [-0.2, -0.15) is 5.10 Å². The standard InChI is InChI=1S/C14H22N4O3/c1-16-6-11(5-15-16)21-13-8-18(7-12(13)19)9-14(20)17(2)10-3-4-10/h5-6,10,12-13,19H,3-4,7-9H2,1-2H3/t12-,13-/m1/s1. The van der Waals surface area contributed by atoms with E-state index in [-0.39, 0.29) is 12.0 Å². The molecule has 1 amide bonds. The van der Waals surface area contributed by atoms with Crippen LogP contribution in [0, 0.1) is 0 Å². The van der Waals surface area contributed by atoms with Gasteiger partial charge in [-0.1, -0.05) is 0 Å². The van der Waals surface area contributed by atoms with E-state index in [2.05, 4.69) is 5.10 Å². The highest BCUT2D eigenvalue weighted by atomic mass is 16.5. The molecule has 1 aliphatic heterocycles. The van der Waals surface area contributed by atoms with E-state index in [4.69, 9.17) is 4.74 Å². The largest absolute Gasteiger partial charge is 0.483 e. The maximum Gasteiger partial charge on any atom is 0.236 e. The molecule has 7 heteroatoms. The minimum atomic E-state index is -0.579. The van der Waals surface area contributed by atoms with E-state index < -0.39 is 6.10 Å². The molecule has 2 heterocycles. The minimum absolute atomic E-state index is 0.117. The van der Waals surface area contributed by atoms with Crippen molar-refractivity contribution in [1.82, 2.24) is 19.6 Å². The first-order valence-corrected chi connectivity index (χ1v) is 7.34. The summed E-state index contributed by atoms with van der Waals surface area (Å²) >= 11 is 0. The van der Waals surface area contributed by atoms with E-state index in [0.29, 0.717) is 31.4 Å². The molecule has 1 saturated heterocycles. The van der Waals surface area contributed by atoms with E-state index in [1.807, 2.05) is 23.9 Å². The Morgan fingerprint density at radius 1 is 1.52 bits per heavy atom. The van der Waals surface area contributed by atoms with Crippen LogP contribution in [-0.2, 0) is 11.8 Å². The van der Waals surface area contributed by atoms with Crippen LogP contribution in [0.4, 0.5) is 0 Å². The van der Waals surface area contributed by atoms with Crippen LogP contribution < -0.4 is 4.74 Å². The van der Waals surface area contributed by atoms with Crippen LogP contribution in [0.1, 0.15) is 12.8 Å². The number of aliphatic hydroxyl groups excluding tert-OH is 1. The molecule has 0 aromatic carbocycles. The summed E-state index contributed by atoms with van der Waals surface area (Å²) in [4.78, 5) is 15.9. The third-order valence-corrected chi connectivity index (χ3v) is 4.13. The zero-order valence-electron chi connectivity index (χ0n) is 12.5. The summed E-state index contributed by atoms with van der Waals surface area (Å²) in [5.41, 5.74) is 0. The van der Waals surface area contributed by atoms with Gasteiger partial charge in [0.15, 0.2) is 5.75 Å². The van der Waals surface area contributed by atoms with Crippen molar-refractivity contribution in [2.24, 2.45) is 7.05 Å². The van der Waals surface area contributed by atoms with E-state index in [9.17, 15) is 9.90 Å². The lowest BCUT2D eigenvalue weighted by atomic mass is 10.3. The van der Waals surface area contributed by atoms with E-state index in [1.54, 1.807) is 17.1 Å². The van der Waals surface area contributed by atoms with Crippen LogP contribution in [0.2, 0.25) is 0 Å². The molecule has 1 N–H and O–H groups in total. The Morgan fingerprint density at radius 3 is 2.90 bits per heavy atom. The molecule has 2 atom stereocenters. The molecule has 21 heavy (non-hydrogen) atoms. The third kappa shape index (κ3) is 3.36. The SMILES string of the molecule is CN(C(=O)CN1C[C@@H](O)[C@H](Oc2cnn(C)c2)C1)C1CC1. The van der Waals surface area contributed by atoms with Crippen molar-refractivity contribution >= 4 is 5.91 Å². The molecule has 3 rings (SSSR count). The van der Waals surface area contributed by atoms with Crippen molar-refractivity contribution in [2.45, 2.75) is 31.1 Å². The molecule has 1 aromatic heterocycles. The molecule has 7 nitrogen and oxygen atoms in total. The zero-order chi connectivity index (χ0) is 15.0. The number of likely N-dealkylation sites (N-methyl/N-ethyl adjacent to an activating group) is 1. The number of nitrogens with zero attached hydrogens (tertiary/aromatic N) is 4. The van der Waals surface area contributed by atoms with Gasteiger partial charge in [-0.15, -0.1) is 0 Å². The van der Waals surface area contributed by atoms with Crippen LogP contribution >= 0.6 is 0 Å². The van der Waals surface area contributed by atoms with Crippen molar-refractivity contribution in [3.05, 3.63) is 12.4 Å². The second kappa shape index (κ2) is 5.65. The number of aryl methyl sites for hydroxylation is 1. The molecule has 0 unspecified atom stereocenters. The maximum absolute atomic E-state index is 12.1. The molecular weight excluding hydrogens is 272 g/mol. The number of likely N-dealkylation sites (tertiary alicyclic amines) is 1. The third-order valence-electron chi connectivity index (χ3n) is 4.13. The average Bonchev–Trinajstić information content (AvgIpc) is 3.12. The van der Waals surface area contributed by atoms with Gasteiger partial charge >= 0.3 is 0 Å². The van der Waals surface area contributed by atoms with Crippen molar-refractivity contribution in [3.8, 4) is 5.75 Å². The van der Waals surface area contributed by atoms with Crippen LogP contribution in [0.5, 0.6) is 5.75 Å². The summed E-state index contributed by atoms with van der Waals surface area (Å²) in [7, 11) is 3.67. The lowest BCUT2D eigenvalue weighted by molar-refractivity contribution is -0.131. The molecule has 0 spiro atoms. The smallest absolute Gasteiger partial charge is 0.236 e. The number of amides is 1. The predicted molar refractivity (Wildman–Crippen MR) is 75.9 cm³/mol. The average molecular weight is 294 g/mol. The van der Waals surface area contributed by atoms with Crippen molar-refractivity contribution in [3.63, 3.8) is 0 Å². The van der Waals surface area contributed by atoms with Crippen molar-refractivity contribution in [1.29, 1.82) is 0 Å². The molecule has 0 bridgehead atoms. The summed E-state index contributed by atoms with van der Waals surface area (Å²) in [5.74, 6) is 0.761. The lowest BCUT2D eigenvalue weighted by Crippen LogP contribution is -2.39. The number of aromatic nitrogens is 2. The van der Waals surface area contributed by atoms with Crippen LogP contribution in [0.15, 0.2) is 12.4 Å². The summed E-state index contributed by atoms with van der Waals surface area (Å²) in [5, 5.41) is 14.1. The number of β-amino-alcohol motifs (C(OH)–C–C–N with tert-alkyl or cyclic N) is 1. The summed E-state index contributed by atoms with van der Waals surface area (Å²) < 4.78 is 7.40. The minimum Gasteiger partial charge on any atom is -0.483 e. The summed E-state index contributed by atoms with van der Waals surface area (Å²) in [6.07, 6.45) is 4.72. The fourth-order valence-electron chi connectivity index (χ4n) is 2.68.